The van der Waals surface area contributed by atoms with E-state index in [1.54, 1.807) is 7.11 Å². The van der Waals surface area contributed by atoms with Gasteiger partial charge in [0.2, 0.25) is 0 Å². The Balaban J connectivity index is 2.64. The van der Waals surface area contributed by atoms with Gasteiger partial charge in [0.15, 0.2) is 6.29 Å². The van der Waals surface area contributed by atoms with Crippen LogP contribution in [-0.2, 0) is 4.74 Å². The van der Waals surface area contributed by atoms with Crippen molar-refractivity contribution in [3.8, 4) is 0 Å². The number of nitrogens with two attached hydrogens (primary N) is 1. The third-order valence-corrected chi connectivity index (χ3v) is 4.07. The Morgan fingerprint density at radius 1 is 1.45 bits per heavy atom. The van der Waals surface area contributed by atoms with Gasteiger partial charge in [0.05, 0.1) is 5.69 Å². The average Bonchev–Trinajstić information content (AvgIpc) is 3.25. The standard InChI is InChI=1S/C17H25N3O2/c1-11-8-13(10-21)15(14(9-11)12(2)18)19-16(20(3)4)17(22-5)6-7-17/h8-10,12H,6-7,18H2,1-5H3. The predicted octanol–water partition coefficient (Wildman–Crippen LogP) is 2.60. The molecule has 0 heterocycles. The number of aryl methyl sites for hydroxylation is 1. The van der Waals surface area contributed by atoms with Crippen molar-refractivity contribution >= 4 is 17.8 Å². The minimum atomic E-state index is -0.330. The van der Waals surface area contributed by atoms with E-state index in [0.29, 0.717) is 11.3 Å². The van der Waals surface area contributed by atoms with Crippen molar-refractivity contribution < 1.29 is 9.53 Å². The predicted molar refractivity (Wildman–Crippen MR) is 88.9 cm³/mol. The summed E-state index contributed by atoms with van der Waals surface area (Å²) in [4.78, 5) is 18.2. The lowest BCUT2D eigenvalue weighted by molar-refractivity contribution is 0.112. The quantitative estimate of drug-likeness (QED) is 0.516. The smallest absolute Gasteiger partial charge is 0.152 e. The van der Waals surface area contributed by atoms with Gasteiger partial charge in [-0.05, 0) is 43.9 Å². The van der Waals surface area contributed by atoms with Crippen molar-refractivity contribution in [2.24, 2.45) is 10.7 Å². The Morgan fingerprint density at radius 3 is 2.50 bits per heavy atom. The maximum atomic E-state index is 11.5. The van der Waals surface area contributed by atoms with Crippen molar-refractivity contribution in [2.45, 2.75) is 38.3 Å². The number of carbonyl (C=O) groups excluding carboxylic acids is 1. The molecule has 1 atom stereocenters. The molecule has 2 N–H and O–H groups in total. The summed E-state index contributed by atoms with van der Waals surface area (Å²) in [5.74, 6) is 0.837. The van der Waals surface area contributed by atoms with Crippen LogP contribution in [0.5, 0.6) is 0 Å². The molecular weight excluding hydrogens is 278 g/mol. The monoisotopic (exact) mass is 303 g/mol. The molecule has 1 aromatic rings. The van der Waals surface area contributed by atoms with Crippen LogP contribution < -0.4 is 5.73 Å². The molecule has 1 unspecified atom stereocenters. The van der Waals surface area contributed by atoms with Gasteiger partial charge < -0.3 is 15.4 Å². The molecule has 5 nitrogen and oxygen atoms in total. The van der Waals surface area contributed by atoms with Crippen LogP contribution in [0.2, 0.25) is 0 Å². The lowest BCUT2D eigenvalue weighted by atomic mass is 9.99. The molecule has 120 valence electrons. The molecule has 0 amide bonds. The van der Waals surface area contributed by atoms with Gasteiger partial charge in [-0.3, -0.25) is 4.79 Å². The molecular formula is C17H25N3O2. The van der Waals surface area contributed by atoms with Crippen LogP contribution in [0.15, 0.2) is 17.1 Å². The zero-order valence-corrected chi connectivity index (χ0v) is 14.0. The second-order valence-corrected chi connectivity index (χ2v) is 6.23. The lowest BCUT2D eigenvalue weighted by Gasteiger charge is -2.24. The average molecular weight is 303 g/mol. The van der Waals surface area contributed by atoms with E-state index in [0.717, 1.165) is 36.1 Å². The molecule has 1 aromatic carbocycles. The highest BCUT2D eigenvalue weighted by atomic mass is 16.5. The molecule has 1 aliphatic carbocycles. The van der Waals surface area contributed by atoms with Gasteiger partial charge >= 0.3 is 0 Å². The van der Waals surface area contributed by atoms with Crippen LogP contribution in [0.25, 0.3) is 0 Å². The highest BCUT2D eigenvalue weighted by Crippen LogP contribution is 2.42. The zero-order chi connectivity index (χ0) is 16.5. The van der Waals surface area contributed by atoms with E-state index in [1.807, 2.05) is 45.0 Å². The number of aliphatic imine (C=N–C) groups is 1. The second-order valence-electron chi connectivity index (χ2n) is 6.23. The summed E-state index contributed by atoms with van der Waals surface area (Å²) in [5.41, 5.74) is 8.87. The van der Waals surface area contributed by atoms with Crippen LogP contribution in [0.3, 0.4) is 0 Å². The molecule has 2 rings (SSSR count). The molecule has 22 heavy (non-hydrogen) atoms. The van der Waals surface area contributed by atoms with Crippen LogP contribution in [0.1, 0.15) is 47.3 Å². The van der Waals surface area contributed by atoms with E-state index < -0.39 is 0 Å². The first-order valence-corrected chi connectivity index (χ1v) is 7.51. The number of nitrogens with zero attached hydrogens (tertiary/aromatic N) is 2. The number of amidine groups is 1. The van der Waals surface area contributed by atoms with Gasteiger partial charge in [-0.1, -0.05) is 6.07 Å². The number of likely N-dealkylation sites (N-methyl/N-ethyl adjacent to an activating group) is 1. The molecule has 0 saturated heterocycles. The third-order valence-electron chi connectivity index (χ3n) is 4.07. The first kappa shape index (κ1) is 16.6. The highest BCUT2D eigenvalue weighted by molar-refractivity contribution is 5.97. The molecule has 0 spiro atoms. The maximum absolute atomic E-state index is 11.5. The Morgan fingerprint density at radius 2 is 2.09 bits per heavy atom. The second kappa shape index (κ2) is 6.18. The molecule has 1 fully saturated rings. The number of benzene rings is 1. The topological polar surface area (TPSA) is 67.9 Å². The molecule has 5 heteroatoms. The van der Waals surface area contributed by atoms with Crippen LogP contribution in [0, 0.1) is 6.92 Å². The number of aldehydes is 1. The van der Waals surface area contributed by atoms with E-state index in [1.165, 1.54) is 0 Å². The molecule has 0 aromatic heterocycles. The summed E-state index contributed by atoms with van der Waals surface area (Å²) in [6.07, 6.45) is 2.73. The molecule has 0 aliphatic heterocycles. The SMILES string of the molecule is COC1(C(=Nc2c(C=O)cc(C)cc2C(C)N)N(C)C)CC1. The van der Waals surface area contributed by atoms with Crippen molar-refractivity contribution in [3.05, 3.63) is 28.8 Å². The van der Waals surface area contributed by atoms with E-state index in [2.05, 4.69) is 0 Å². The Labute approximate surface area is 132 Å². The lowest BCUT2D eigenvalue weighted by Crippen LogP contribution is -2.37. The Hall–Kier alpha value is -1.72. The first-order chi connectivity index (χ1) is 10.3. The zero-order valence-electron chi connectivity index (χ0n) is 14.0. The van der Waals surface area contributed by atoms with Gasteiger partial charge in [-0.2, -0.15) is 0 Å². The van der Waals surface area contributed by atoms with Crippen molar-refractivity contribution in [2.75, 3.05) is 21.2 Å². The number of hydrogen-bond acceptors (Lipinski definition) is 4. The van der Waals surface area contributed by atoms with E-state index in [-0.39, 0.29) is 11.6 Å². The van der Waals surface area contributed by atoms with Gasteiger partial charge in [0, 0.05) is 32.8 Å². The minimum absolute atomic E-state index is 0.196. The Kier molecular flexibility index (Phi) is 4.68. The number of hydrogen-bond donors (Lipinski definition) is 1. The highest BCUT2D eigenvalue weighted by Gasteiger charge is 2.49. The van der Waals surface area contributed by atoms with Gasteiger partial charge in [0.25, 0.3) is 0 Å². The summed E-state index contributed by atoms with van der Waals surface area (Å²) in [6.45, 7) is 3.86. The fraction of sp³-hybridized carbons (Fsp3) is 0.529. The van der Waals surface area contributed by atoms with Crippen molar-refractivity contribution in [3.63, 3.8) is 0 Å². The van der Waals surface area contributed by atoms with Crippen molar-refractivity contribution in [1.82, 2.24) is 4.90 Å². The Bertz CT molecular complexity index is 602. The number of rotatable bonds is 5. The fourth-order valence-corrected chi connectivity index (χ4v) is 2.75. The van der Waals surface area contributed by atoms with E-state index in [9.17, 15) is 4.79 Å². The summed E-state index contributed by atoms with van der Waals surface area (Å²) in [5, 5.41) is 0. The van der Waals surface area contributed by atoms with Crippen LogP contribution in [-0.4, -0.2) is 43.8 Å². The number of ether oxygens (including phenoxy) is 1. The molecule has 0 bridgehead atoms. The van der Waals surface area contributed by atoms with Crippen molar-refractivity contribution in [1.29, 1.82) is 0 Å². The minimum Gasteiger partial charge on any atom is -0.370 e. The number of carbonyl (C=O) groups is 1. The number of methoxy groups -OCH3 is 1. The largest absolute Gasteiger partial charge is 0.370 e. The summed E-state index contributed by atoms with van der Waals surface area (Å²) < 4.78 is 5.65. The van der Waals surface area contributed by atoms with E-state index >= 15 is 0 Å². The first-order valence-electron chi connectivity index (χ1n) is 7.51. The van der Waals surface area contributed by atoms with E-state index in [4.69, 9.17) is 15.5 Å². The summed E-state index contributed by atoms with van der Waals surface area (Å²) in [7, 11) is 5.59. The molecule has 0 radical (unpaired) electrons. The summed E-state index contributed by atoms with van der Waals surface area (Å²) in [6, 6.07) is 3.64. The summed E-state index contributed by atoms with van der Waals surface area (Å²) >= 11 is 0. The van der Waals surface area contributed by atoms with Gasteiger partial charge in [-0.25, -0.2) is 4.99 Å². The normalized spacial score (nSPS) is 18.0. The van der Waals surface area contributed by atoms with Crippen LogP contribution >= 0.6 is 0 Å². The fourth-order valence-electron chi connectivity index (χ4n) is 2.75. The maximum Gasteiger partial charge on any atom is 0.152 e. The third kappa shape index (κ3) is 3.05. The molecule has 1 saturated carbocycles. The van der Waals surface area contributed by atoms with Gasteiger partial charge in [-0.15, -0.1) is 0 Å². The van der Waals surface area contributed by atoms with Crippen LogP contribution in [0.4, 0.5) is 5.69 Å². The van der Waals surface area contributed by atoms with Gasteiger partial charge in [0.1, 0.15) is 11.4 Å². The molecule has 1 aliphatic rings.